The highest BCUT2D eigenvalue weighted by Gasteiger charge is 2.29. The molecule has 0 aromatic carbocycles. The number of hydrogen-bond acceptors (Lipinski definition) is 2. The van der Waals surface area contributed by atoms with Crippen LogP contribution in [0.2, 0.25) is 0 Å². The van der Waals surface area contributed by atoms with Gasteiger partial charge in [-0.05, 0) is 13.5 Å². The second-order valence-corrected chi connectivity index (χ2v) is 2.72. The van der Waals surface area contributed by atoms with Gasteiger partial charge in [-0.3, -0.25) is 9.69 Å². The predicted molar refractivity (Wildman–Crippen MR) is 45.1 cm³/mol. The molecule has 1 N–H and O–H groups in total. The molecule has 1 rings (SSSR count). The largest absolute Gasteiger partial charge is 0.480 e. The lowest BCUT2D eigenvalue weighted by atomic mass is 10.2. The molecule has 0 bridgehead atoms. The highest BCUT2D eigenvalue weighted by molar-refractivity contribution is 5.85. The van der Waals surface area contributed by atoms with Gasteiger partial charge in [0.15, 0.2) is 0 Å². The number of likely N-dealkylation sites (N-methyl/N-ethyl adjacent to an activating group) is 1. The van der Waals surface area contributed by atoms with E-state index in [-0.39, 0.29) is 18.4 Å². The van der Waals surface area contributed by atoms with Gasteiger partial charge >= 0.3 is 5.97 Å². The Morgan fingerprint density at radius 2 is 2.36 bits per heavy atom. The van der Waals surface area contributed by atoms with Crippen LogP contribution in [-0.4, -0.2) is 35.6 Å². The van der Waals surface area contributed by atoms with Gasteiger partial charge in [0.2, 0.25) is 0 Å². The Bertz CT molecular complexity index is 181. The van der Waals surface area contributed by atoms with Crippen molar-refractivity contribution < 1.29 is 9.90 Å². The fourth-order valence-corrected chi connectivity index (χ4v) is 1.23. The first kappa shape index (κ1) is 10.5. The summed E-state index contributed by atoms with van der Waals surface area (Å²) in [7, 11) is 1.80. The number of aliphatic carboxylic acids is 1. The maximum Gasteiger partial charge on any atom is 0.321 e. The molecule has 1 atom stereocenters. The van der Waals surface area contributed by atoms with Gasteiger partial charge in [0.05, 0.1) is 0 Å². The van der Waals surface area contributed by atoms with Gasteiger partial charge in [0, 0.05) is 6.54 Å². The molecular weight excluding hydrogens is 166 g/mol. The number of carboxylic acid groups (broad SMARTS) is 1. The fraction of sp³-hybridized carbons (Fsp3) is 0.571. The average molecular weight is 178 g/mol. The Kier molecular flexibility index (Phi) is 3.55. The van der Waals surface area contributed by atoms with Crippen LogP contribution in [0.15, 0.2) is 12.2 Å². The molecule has 0 unspecified atom stereocenters. The third-order valence-electron chi connectivity index (χ3n) is 1.77. The van der Waals surface area contributed by atoms with E-state index in [9.17, 15) is 4.79 Å². The lowest BCUT2D eigenvalue weighted by Gasteiger charge is -2.12. The van der Waals surface area contributed by atoms with Gasteiger partial charge in [0.25, 0.3) is 0 Å². The zero-order valence-electron chi connectivity index (χ0n) is 6.41. The minimum absolute atomic E-state index is 0. The molecule has 1 saturated heterocycles. The van der Waals surface area contributed by atoms with E-state index in [4.69, 9.17) is 5.11 Å². The topological polar surface area (TPSA) is 40.5 Å². The summed E-state index contributed by atoms with van der Waals surface area (Å²) in [4.78, 5) is 12.3. The quantitative estimate of drug-likeness (QED) is 0.601. The third kappa shape index (κ3) is 2.20. The molecular formula is C7H12ClNO2. The van der Waals surface area contributed by atoms with Gasteiger partial charge in [-0.25, -0.2) is 0 Å². The zero-order valence-corrected chi connectivity index (χ0v) is 7.23. The molecule has 1 fully saturated rings. The van der Waals surface area contributed by atoms with Crippen LogP contribution >= 0.6 is 12.4 Å². The standard InChI is InChI=1S/C7H11NO2.ClH/c1-5-3-6(7(9)10)8(2)4-5;/h6H,1,3-4H2,2H3,(H,9,10);1H/t6-;/m0./s1. The second-order valence-electron chi connectivity index (χ2n) is 2.72. The Morgan fingerprint density at radius 3 is 2.55 bits per heavy atom. The minimum atomic E-state index is -0.749. The molecule has 1 aliphatic heterocycles. The van der Waals surface area contributed by atoms with Crippen LogP contribution in [0.25, 0.3) is 0 Å². The number of nitrogens with zero attached hydrogens (tertiary/aromatic N) is 1. The van der Waals surface area contributed by atoms with Gasteiger partial charge in [-0.15, -0.1) is 12.4 Å². The summed E-state index contributed by atoms with van der Waals surface area (Å²) in [5, 5.41) is 8.62. The molecule has 64 valence electrons. The van der Waals surface area contributed by atoms with Gasteiger partial charge in [0.1, 0.15) is 6.04 Å². The van der Waals surface area contributed by atoms with Crippen molar-refractivity contribution in [1.82, 2.24) is 4.90 Å². The monoisotopic (exact) mass is 177 g/mol. The minimum Gasteiger partial charge on any atom is -0.480 e. The molecule has 0 aliphatic carbocycles. The molecule has 3 nitrogen and oxygen atoms in total. The van der Waals surface area contributed by atoms with Crippen molar-refractivity contribution >= 4 is 18.4 Å². The van der Waals surface area contributed by atoms with Crippen molar-refractivity contribution in [2.75, 3.05) is 13.6 Å². The van der Waals surface area contributed by atoms with E-state index in [0.29, 0.717) is 6.42 Å². The molecule has 1 aliphatic rings. The summed E-state index contributed by atoms with van der Waals surface area (Å²) in [6, 6.07) is -0.340. The Morgan fingerprint density at radius 1 is 1.82 bits per heavy atom. The van der Waals surface area contributed by atoms with E-state index in [0.717, 1.165) is 12.1 Å². The number of likely N-dealkylation sites (tertiary alicyclic amines) is 1. The fourth-order valence-electron chi connectivity index (χ4n) is 1.23. The lowest BCUT2D eigenvalue weighted by Crippen LogP contribution is -2.32. The summed E-state index contributed by atoms with van der Waals surface area (Å²) >= 11 is 0. The molecule has 11 heavy (non-hydrogen) atoms. The maximum atomic E-state index is 10.5. The van der Waals surface area contributed by atoms with Crippen molar-refractivity contribution in [3.8, 4) is 0 Å². The molecule has 4 heteroatoms. The summed E-state index contributed by atoms with van der Waals surface area (Å²) in [6.07, 6.45) is 0.603. The van der Waals surface area contributed by atoms with Crippen LogP contribution in [0.4, 0.5) is 0 Å². The zero-order chi connectivity index (χ0) is 7.72. The van der Waals surface area contributed by atoms with Crippen LogP contribution in [0, 0.1) is 0 Å². The molecule has 0 saturated carbocycles. The smallest absolute Gasteiger partial charge is 0.321 e. The molecule has 0 aromatic rings. The van der Waals surface area contributed by atoms with E-state index >= 15 is 0 Å². The molecule has 0 radical (unpaired) electrons. The number of carbonyl (C=O) groups is 1. The Balaban J connectivity index is 0.000001000. The maximum absolute atomic E-state index is 10.5. The van der Waals surface area contributed by atoms with Crippen LogP contribution in [-0.2, 0) is 4.79 Å². The van der Waals surface area contributed by atoms with E-state index in [1.54, 1.807) is 11.9 Å². The molecule has 0 spiro atoms. The van der Waals surface area contributed by atoms with Crippen molar-refractivity contribution in [1.29, 1.82) is 0 Å². The molecule has 1 heterocycles. The second kappa shape index (κ2) is 3.74. The number of carboxylic acids is 1. The normalized spacial score (nSPS) is 24.8. The Labute approximate surface area is 72.1 Å². The highest BCUT2D eigenvalue weighted by atomic mass is 35.5. The van der Waals surface area contributed by atoms with Crippen LogP contribution in [0.5, 0.6) is 0 Å². The number of hydrogen-bond donors (Lipinski definition) is 1. The van der Waals surface area contributed by atoms with Gasteiger partial charge in [-0.2, -0.15) is 0 Å². The summed E-state index contributed by atoms with van der Waals surface area (Å²) in [5.74, 6) is -0.749. The van der Waals surface area contributed by atoms with Crippen molar-refractivity contribution in [2.24, 2.45) is 0 Å². The Hall–Kier alpha value is -0.540. The number of halogens is 1. The first-order valence-electron chi connectivity index (χ1n) is 3.21. The predicted octanol–water partition coefficient (Wildman–Crippen LogP) is 0.753. The molecule has 0 aromatic heterocycles. The summed E-state index contributed by atoms with van der Waals surface area (Å²) < 4.78 is 0. The average Bonchev–Trinajstić information content (AvgIpc) is 2.10. The lowest BCUT2D eigenvalue weighted by molar-refractivity contribution is -0.141. The first-order chi connectivity index (χ1) is 4.61. The SMILES string of the molecule is C=C1C[C@@H](C(=O)O)N(C)C1.Cl. The van der Waals surface area contributed by atoms with Gasteiger partial charge < -0.3 is 5.11 Å². The van der Waals surface area contributed by atoms with E-state index in [1.807, 2.05) is 0 Å². The van der Waals surface area contributed by atoms with Crippen molar-refractivity contribution in [3.63, 3.8) is 0 Å². The first-order valence-corrected chi connectivity index (χ1v) is 3.21. The van der Waals surface area contributed by atoms with E-state index in [1.165, 1.54) is 0 Å². The van der Waals surface area contributed by atoms with Crippen molar-refractivity contribution in [3.05, 3.63) is 12.2 Å². The van der Waals surface area contributed by atoms with E-state index < -0.39 is 5.97 Å². The summed E-state index contributed by atoms with van der Waals surface area (Å²) in [6.45, 7) is 4.45. The van der Waals surface area contributed by atoms with Crippen LogP contribution in [0.3, 0.4) is 0 Å². The van der Waals surface area contributed by atoms with Gasteiger partial charge in [-0.1, -0.05) is 12.2 Å². The summed E-state index contributed by atoms with van der Waals surface area (Å²) in [5.41, 5.74) is 1.01. The third-order valence-corrected chi connectivity index (χ3v) is 1.77. The highest BCUT2D eigenvalue weighted by Crippen LogP contribution is 2.18. The van der Waals surface area contributed by atoms with Crippen LogP contribution in [0.1, 0.15) is 6.42 Å². The number of rotatable bonds is 1. The molecule has 0 amide bonds. The van der Waals surface area contributed by atoms with Crippen molar-refractivity contribution in [2.45, 2.75) is 12.5 Å². The van der Waals surface area contributed by atoms with E-state index in [2.05, 4.69) is 6.58 Å². The van der Waals surface area contributed by atoms with Crippen LogP contribution < -0.4 is 0 Å².